The summed E-state index contributed by atoms with van der Waals surface area (Å²) in [6.45, 7) is 19.7. The quantitative estimate of drug-likeness (QED) is 0.113. The molecular weight excluding hydrogens is 738 g/mol. The number of carboxylic acid groups (broad SMARTS) is 1. The van der Waals surface area contributed by atoms with Crippen LogP contribution in [-0.2, 0) is 35.8 Å². The molecule has 6 rings (SSSR count). The zero-order valence-electron chi connectivity index (χ0n) is 34.4. The molecule has 4 fully saturated rings. The number of carbonyl (C=O) groups excluding carboxylic acids is 2. The Bertz CT molecular complexity index is 1850. The van der Waals surface area contributed by atoms with Crippen LogP contribution in [0, 0.1) is 56.2 Å². The van der Waals surface area contributed by atoms with Crippen molar-refractivity contribution in [3.05, 3.63) is 46.0 Å². The molecule has 1 aromatic rings. The third-order valence-corrected chi connectivity index (χ3v) is 17.9. The van der Waals surface area contributed by atoms with E-state index in [1.54, 1.807) is 13.8 Å². The first-order valence-corrected chi connectivity index (χ1v) is 22.4. The van der Waals surface area contributed by atoms with Crippen LogP contribution in [0.5, 0.6) is 0 Å². The van der Waals surface area contributed by atoms with E-state index in [2.05, 4.69) is 39.9 Å². The van der Waals surface area contributed by atoms with Gasteiger partial charge in [0.2, 0.25) is 0 Å². The lowest BCUT2D eigenvalue weighted by molar-refractivity contribution is -0.233. The Labute approximate surface area is 333 Å². The molecule has 306 valence electrons. The number of aliphatic carboxylic acids is 1. The summed E-state index contributed by atoms with van der Waals surface area (Å²) in [5.41, 5.74) is -0.632. The highest BCUT2D eigenvalue weighted by molar-refractivity contribution is 7.86. The molecule has 0 spiro atoms. The highest BCUT2D eigenvalue weighted by Gasteiger charge is 2.73. The topological polar surface area (TPSA) is 147 Å². The monoisotopic (exact) mass is 801 g/mol. The summed E-state index contributed by atoms with van der Waals surface area (Å²) < 4.78 is 45.0. The van der Waals surface area contributed by atoms with Gasteiger partial charge < -0.3 is 15.2 Å². The molecule has 11 heteroatoms. The molecule has 5 aliphatic rings. The van der Waals surface area contributed by atoms with E-state index < -0.39 is 43.6 Å². The molecule has 0 amide bonds. The maximum absolute atomic E-state index is 14.2. The predicted octanol–water partition coefficient (Wildman–Crippen LogP) is 9.08. The van der Waals surface area contributed by atoms with Crippen molar-refractivity contribution < 1.29 is 37.2 Å². The molecule has 3 N–H and O–H groups in total. The highest BCUT2D eigenvalue weighted by atomic mass is 35.5. The number of ether oxygens (including phenoxy) is 1. The molecule has 0 radical (unpaired) electrons. The van der Waals surface area contributed by atoms with Gasteiger partial charge in [-0.05, 0) is 135 Å². The Kier molecular flexibility index (Phi) is 11.0. The van der Waals surface area contributed by atoms with Gasteiger partial charge in [0.15, 0.2) is 5.78 Å². The molecule has 0 saturated heterocycles. The first-order chi connectivity index (χ1) is 25.3. The first kappa shape index (κ1) is 42.3. The number of esters is 1. The van der Waals surface area contributed by atoms with E-state index in [0.717, 1.165) is 48.8 Å². The van der Waals surface area contributed by atoms with Gasteiger partial charge in [-0.15, -0.1) is 0 Å². The average Bonchev–Trinajstić information content (AvgIpc) is 3.37. The third-order valence-electron chi connectivity index (χ3n) is 16.3. The number of carbonyl (C=O) groups is 3. The molecule has 9 atom stereocenters. The number of hydrogen-bond donors (Lipinski definition) is 3. The number of Topliss-reactive ketones (excluding diaryl/α,β-unsaturated/α-hetero) is 1. The van der Waals surface area contributed by atoms with Gasteiger partial charge in [-0.2, -0.15) is 8.42 Å². The van der Waals surface area contributed by atoms with Crippen LogP contribution in [0.4, 0.5) is 0 Å². The Balaban J connectivity index is 1.33. The molecule has 9 unspecified atom stereocenters. The molecular formula is C44H64ClNO8S. The van der Waals surface area contributed by atoms with Crippen LogP contribution >= 0.6 is 11.6 Å². The summed E-state index contributed by atoms with van der Waals surface area (Å²) in [5, 5.41) is 12.7. The van der Waals surface area contributed by atoms with Gasteiger partial charge in [0, 0.05) is 28.8 Å². The molecule has 0 aromatic heterocycles. The maximum atomic E-state index is 14.2. The minimum atomic E-state index is -4.57. The van der Waals surface area contributed by atoms with Crippen LogP contribution in [-0.4, -0.2) is 53.7 Å². The average molecular weight is 803 g/mol. The van der Waals surface area contributed by atoms with Crippen molar-refractivity contribution in [3.63, 3.8) is 0 Å². The minimum Gasteiger partial charge on any atom is -0.481 e. The zero-order chi connectivity index (χ0) is 40.7. The van der Waals surface area contributed by atoms with E-state index in [1.165, 1.54) is 0 Å². The molecule has 0 bridgehead atoms. The standard InChI is InChI=1S/C44H64ClNO8S/c1-26(2)36-30(47)22-44(20-21-46-25-27-10-12-28(45)13-11-27)34(55(51,52)53)23-43(9)29(37(36)44)14-15-32-41(7)18-17-33(54-35(48)24-39(3,4)38(49)50)40(5,6)31(41)16-19-42(32,43)8/h10-13,26,29,31-34,46H,14-25H2,1-9H3,(H,49,50)(H,51,52,53). The number of carboxylic acids is 1. The smallest absolute Gasteiger partial charge is 0.309 e. The van der Waals surface area contributed by atoms with Crippen LogP contribution in [0.25, 0.3) is 0 Å². The lowest BCUT2D eigenvalue weighted by Gasteiger charge is -2.72. The van der Waals surface area contributed by atoms with Crippen LogP contribution < -0.4 is 5.32 Å². The fraction of sp³-hybridized carbons (Fsp3) is 0.750. The van der Waals surface area contributed by atoms with E-state index in [-0.39, 0.29) is 64.6 Å². The first-order valence-electron chi connectivity index (χ1n) is 20.5. The molecule has 4 saturated carbocycles. The van der Waals surface area contributed by atoms with E-state index in [1.807, 2.05) is 38.1 Å². The van der Waals surface area contributed by atoms with Gasteiger partial charge in [-0.25, -0.2) is 0 Å². The van der Waals surface area contributed by atoms with Gasteiger partial charge in [0.25, 0.3) is 10.1 Å². The minimum absolute atomic E-state index is 0.00917. The SMILES string of the molecule is CC(C)C1=C2C3CCC4C5(C)CCC(OC(=O)CC(C)(C)C(=O)O)C(C)(C)C5CCC4(C)C3(C)CC(S(=O)(=O)O)C2(CCNCc2ccc(Cl)cc2)CC1=O. The third kappa shape index (κ3) is 6.84. The second-order valence-electron chi connectivity index (χ2n) is 20.3. The van der Waals surface area contributed by atoms with Crippen molar-refractivity contribution >= 4 is 39.4 Å². The number of nitrogens with one attached hydrogen (secondary N) is 1. The lowest BCUT2D eigenvalue weighted by atomic mass is 9.33. The molecule has 0 heterocycles. The maximum Gasteiger partial charge on any atom is 0.309 e. The number of allylic oxidation sites excluding steroid dienone is 2. The summed E-state index contributed by atoms with van der Waals surface area (Å²) in [4.78, 5) is 39.1. The fourth-order valence-electron chi connectivity index (χ4n) is 13.4. The van der Waals surface area contributed by atoms with Crippen molar-refractivity contribution in [2.24, 2.45) is 56.2 Å². The van der Waals surface area contributed by atoms with Crippen LogP contribution in [0.2, 0.25) is 5.02 Å². The zero-order valence-corrected chi connectivity index (χ0v) is 36.0. The van der Waals surface area contributed by atoms with Gasteiger partial charge in [-0.1, -0.05) is 77.8 Å². The number of fused-ring (bicyclic) bond motifs is 7. The second-order valence-corrected chi connectivity index (χ2v) is 22.4. The van der Waals surface area contributed by atoms with E-state index in [0.29, 0.717) is 37.4 Å². The number of hydrogen-bond acceptors (Lipinski definition) is 7. The van der Waals surface area contributed by atoms with Crippen molar-refractivity contribution in [2.45, 2.75) is 144 Å². The van der Waals surface area contributed by atoms with Crippen LogP contribution in [0.15, 0.2) is 35.4 Å². The molecule has 5 aliphatic carbocycles. The molecule has 0 aliphatic heterocycles. The van der Waals surface area contributed by atoms with Gasteiger partial charge >= 0.3 is 11.9 Å². The molecule has 1 aromatic carbocycles. The Hall–Kier alpha value is -2.27. The Morgan fingerprint density at radius 3 is 2.24 bits per heavy atom. The van der Waals surface area contributed by atoms with Gasteiger partial charge in [-0.3, -0.25) is 18.9 Å². The van der Waals surface area contributed by atoms with Crippen molar-refractivity contribution in [1.29, 1.82) is 0 Å². The normalized spacial score (nSPS) is 37.2. The summed E-state index contributed by atoms with van der Waals surface area (Å²) in [6.07, 6.45) is 5.34. The molecule has 55 heavy (non-hydrogen) atoms. The van der Waals surface area contributed by atoms with E-state index in [9.17, 15) is 32.5 Å². The number of rotatable bonds is 11. The van der Waals surface area contributed by atoms with Crippen molar-refractivity contribution in [3.8, 4) is 0 Å². The van der Waals surface area contributed by atoms with E-state index in [4.69, 9.17) is 16.3 Å². The summed E-state index contributed by atoms with van der Waals surface area (Å²) in [5.74, 6) is -1.09. The summed E-state index contributed by atoms with van der Waals surface area (Å²) in [7, 11) is -4.57. The van der Waals surface area contributed by atoms with Crippen molar-refractivity contribution in [2.75, 3.05) is 6.54 Å². The number of benzene rings is 1. The number of ketones is 1. The Morgan fingerprint density at radius 1 is 0.982 bits per heavy atom. The van der Waals surface area contributed by atoms with Crippen LogP contribution in [0.1, 0.15) is 132 Å². The Morgan fingerprint density at radius 2 is 1.64 bits per heavy atom. The second kappa shape index (κ2) is 14.2. The van der Waals surface area contributed by atoms with Crippen molar-refractivity contribution in [1.82, 2.24) is 5.32 Å². The summed E-state index contributed by atoms with van der Waals surface area (Å²) in [6, 6.07) is 7.60. The lowest BCUT2D eigenvalue weighted by Crippen LogP contribution is -2.67. The van der Waals surface area contributed by atoms with E-state index >= 15 is 0 Å². The predicted molar refractivity (Wildman–Crippen MR) is 214 cm³/mol. The van der Waals surface area contributed by atoms with Gasteiger partial charge in [0.05, 0.1) is 17.1 Å². The fourth-order valence-corrected chi connectivity index (χ4v) is 15.0. The highest BCUT2D eigenvalue weighted by Crippen LogP contribution is 2.77. The largest absolute Gasteiger partial charge is 0.481 e. The summed E-state index contributed by atoms with van der Waals surface area (Å²) >= 11 is 6.10. The van der Waals surface area contributed by atoms with Gasteiger partial charge in [0.1, 0.15) is 6.10 Å². The van der Waals surface area contributed by atoms with Crippen LogP contribution in [0.3, 0.4) is 0 Å². The molecule has 9 nitrogen and oxygen atoms in total. The number of halogens is 1.